The monoisotopic (exact) mass is 252 g/mol. The molecule has 1 aliphatic heterocycles. The Balaban J connectivity index is 2.17. The Morgan fingerprint density at radius 1 is 1.50 bits per heavy atom. The minimum absolute atomic E-state index is 0.271. The molecule has 6 heteroatoms. The summed E-state index contributed by atoms with van der Waals surface area (Å²) in [5.41, 5.74) is 0.271. The molecule has 0 spiro atoms. The molecule has 0 N–H and O–H groups in total. The van der Waals surface area contributed by atoms with E-state index in [0.717, 1.165) is 12.5 Å². The number of ether oxygens (including phenoxy) is 1. The lowest BCUT2D eigenvalue weighted by Gasteiger charge is -2.22. The molecule has 1 unspecified atom stereocenters. The summed E-state index contributed by atoms with van der Waals surface area (Å²) < 4.78 is 17.3. The minimum atomic E-state index is -0.641. The molecule has 1 saturated heterocycles. The number of hydrogen-bond acceptors (Lipinski definition) is 4. The number of carbonyl (C=O) groups is 2. The number of hydrogen-bond donors (Lipinski definition) is 0. The van der Waals surface area contributed by atoms with Crippen LogP contribution in [0.25, 0.3) is 0 Å². The number of amides is 1. The van der Waals surface area contributed by atoms with E-state index in [2.05, 4.69) is 9.72 Å². The van der Waals surface area contributed by atoms with Crippen LogP contribution in [0.1, 0.15) is 23.2 Å². The molecule has 0 bridgehead atoms. The van der Waals surface area contributed by atoms with Crippen LogP contribution >= 0.6 is 0 Å². The van der Waals surface area contributed by atoms with Gasteiger partial charge in [0.1, 0.15) is 6.04 Å². The van der Waals surface area contributed by atoms with Gasteiger partial charge in [0.05, 0.1) is 12.7 Å². The van der Waals surface area contributed by atoms with Gasteiger partial charge in [0.25, 0.3) is 5.91 Å². The van der Waals surface area contributed by atoms with Gasteiger partial charge in [0, 0.05) is 12.7 Å². The van der Waals surface area contributed by atoms with Gasteiger partial charge in [0.2, 0.25) is 5.95 Å². The zero-order valence-electron chi connectivity index (χ0n) is 9.93. The lowest BCUT2D eigenvalue weighted by molar-refractivity contribution is -0.145. The van der Waals surface area contributed by atoms with Crippen LogP contribution in [0.4, 0.5) is 4.39 Å². The summed E-state index contributed by atoms with van der Waals surface area (Å²) in [5.74, 6) is -1.39. The zero-order chi connectivity index (χ0) is 13.1. The van der Waals surface area contributed by atoms with E-state index in [1.54, 1.807) is 0 Å². The van der Waals surface area contributed by atoms with Gasteiger partial charge in [-0.2, -0.15) is 4.39 Å². The third-order valence-electron chi connectivity index (χ3n) is 2.96. The highest BCUT2D eigenvalue weighted by Crippen LogP contribution is 2.20. The maximum atomic E-state index is 12.7. The maximum absolute atomic E-state index is 12.7. The topological polar surface area (TPSA) is 59.5 Å². The fraction of sp³-hybridized carbons (Fsp3) is 0.417. The van der Waals surface area contributed by atoms with Crippen LogP contribution in [0.15, 0.2) is 18.3 Å². The third-order valence-corrected chi connectivity index (χ3v) is 2.96. The summed E-state index contributed by atoms with van der Waals surface area (Å²) in [7, 11) is 1.29. The summed E-state index contributed by atoms with van der Waals surface area (Å²) in [5, 5.41) is 0. The number of rotatable bonds is 2. The second-order valence-corrected chi connectivity index (χ2v) is 4.05. The van der Waals surface area contributed by atoms with Crippen LogP contribution in [-0.4, -0.2) is 41.5 Å². The second kappa shape index (κ2) is 5.12. The molecular formula is C12H13FN2O3. The van der Waals surface area contributed by atoms with Crippen LogP contribution in [0.5, 0.6) is 0 Å². The molecular weight excluding hydrogens is 239 g/mol. The van der Waals surface area contributed by atoms with Crippen molar-refractivity contribution in [1.82, 2.24) is 9.88 Å². The number of pyridine rings is 1. The molecule has 1 fully saturated rings. The van der Waals surface area contributed by atoms with Crippen molar-refractivity contribution >= 4 is 11.9 Å². The van der Waals surface area contributed by atoms with Crippen LogP contribution in [0.2, 0.25) is 0 Å². The van der Waals surface area contributed by atoms with Crippen molar-refractivity contribution in [2.75, 3.05) is 13.7 Å². The summed E-state index contributed by atoms with van der Waals surface area (Å²) in [6.07, 6.45) is 2.51. The highest BCUT2D eigenvalue weighted by Gasteiger charge is 2.35. The fourth-order valence-corrected chi connectivity index (χ4v) is 2.06. The summed E-state index contributed by atoms with van der Waals surface area (Å²) in [6, 6.07) is 1.93. The fourth-order valence-electron chi connectivity index (χ4n) is 2.06. The number of aromatic nitrogens is 1. The highest BCUT2D eigenvalue weighted by molar-refractivity contribution is 5.96. The van der Waals surface area contributed by atoms with Crippen molar-refractivity contribution in [1.29, 1.82) is 0 Å². The maximum Gasteiger partial charge on any atom is 0.328 e. The van der Waals surface area contributed by atoms with E-state index in [4.69, 9.17) is 0 Å². The van der Waals surface area contributed by atoms with Crippen LogP contribution < -0.4 is 0 Å². The van der Waals surface area contributed by atoms with Crippen molar-refractivity contribution < 1.29 is 18.7 Å². The predicted molar refractivity (Wildman–Crippen MR) is 60.3 cm³/mol. The molecule has 1 amide bonds. The molecule has 0 saturated carbocycles. The minimum Gasteiger partial charge on any atom is -0.467 e. The molecule has 1 aromatic heterocycles. The van der Waals surface area contributed by atoms with Gasteiger partial charge in [-0.15, -0.1) is 0 Å². The average Bonchev–Trinajstić information content (AvgIpc) is 2.87. The van der Waals surface area contributed by atoms with E-state index >= 15 is 0 Å². The first kappa shape index (κ1) is 12.5. The van der Waals surface area contributed by atoms with Crippen molar-refractivity contribution in [3.63, 3.8) is 0 Å². The normalized spacial score (nSPS) is 18.8. The summed E-state index contributed by atoms with van der Waals surface area (Å²) in [4.78, 5) is 28.5. The third kappa shape index (κ3) is 2.32. The van der Waals surface area contributed by atoms with E-state index in [-0.39, 0.29) is 11.5 Å². The molecule has 1 atom stereocenters. The molecule has 0 aliphatic carbocycles. The Hall–Kier alpha value is -1.98. The second-order valence-electron chi connectivity index (χ2n) is 4.05. The van der Waals surface area contributed by atoms with Gasteiger partial charge in [-0.1, -0.05) is 0 Å². The Morgan fingerprint density at radius 3 is 2.89 bits per heavy atom. The smallest absolute Gasteiger partial charge is 0.328 e. The van der Waals surface area contributed by atoms with E-state index in [1.807, 2.05) is 0 Å². The Kier molecular flexibility index (Phi) is 3.55. The van der Waals surface area contributed by atoms with Gasteiger partial charge in [-0.3, -0.25) is 4.79 Å². The van der Waals surface area contributed by atoms with Gasteiger partial charge in [-0.25, -0.2) is 9.78 Å². The predicted octanol–water partition coefficient (Wildman–Crippen LogP) is 0.998. The first-order valence-electron chi connectivity index (χ1n) is 5.64. The largest absolute Gasteiger partial charge is 0.467 e. The lowest BCUT2D eigenvalue weighted by Crippen LogP contribution is -2.41. The molecule has 96 valence electrons. The number of halogens is 1. The van der Waals surface area contributed by atoms with E-state index in [9.17, 15) is 14.0 Å². The van der Waals surface area contributed by atoms with Gasteiger partial charge in [-0.05, 0) is 25.0 Å². The standard InChI is InChI=1S/C12H13FN2O3/c1-18-12(17)9-3-2-6-15(9)11(16)8-4-5-10(13)14-7-8/h4-5,7,9H,2-3,6H2,1H3. The van der Waals surface area contributed by atoms with Gasteiger partial charge < -0.3 is 9.64 Å². The Labute approximate surface area is 104 Å². The molecule has 1 aliphatic rings. The molecule has 2 rings (SSSR count). The quantitative estimate of drug-likeness (QED) is 0.582. The van der Waals surface area contributed by atoms with Crippen molar-refractivity contribution in [2.45, 2.75) is 18.9 Å². The summed E-state index contributed by atoms with van der Waals surface area (Å²) in [6.45, 7) is 0.496. The average molecular weight is 252 g/mol. The van der Waals surface area contributed by atoms with Crippen LogP contribution in [0, 0.1) is 5.95 Å². The number of methoxy groups -OCH3 is 1. The van der Waals surface area contributed by atoms with Crippen LogP contribution in [0.3, 0.4) is 0 Å². The summed E-state index contributed by atoms with van der Waals surface area (Å²) >= 11 is 0. The molecule has 18 heavy (non-hydrogen) atoms. The number of carbonyl (C=O) groups excluding carboxylic acids is 2. The Morgan fingerprint density at radius 2 is 2.28 bits per heavy atom. The molecule has 0 aromatic carbocycles. The van der Waals surface area contributed by atoms with E-state index in [1.165, 1.54) is 24.3 Å². The van der Waals surface area contributed by atoms with Gasteiger partial charge >= 0.3 is 5.97 Å². The SMILES string of the molecule is COC(=O)C1CCCN1C(=O)c1ccc(F)nc1. The first-order chi connectivity index (χ1) is 8.63. The van der Waals surface area contributed by atoms with Crippen molar-refractivity contribution in [2.24, 2.45) is 0 Å². The van der Waals surface area contributed by atoms with E-state index < -0.39 is 18.0 Å². The molecule has 0 radical (unpaired) electrons. The van der Waals surface area contributed by atoms with Crippen molar-refractivity contribution in [3.8, 4) is 0 Å². The van der Waals surface area contributed by atoms with Crippen LogP contribution in [-0.2, 0) is 9.53 Å². The molecule has 2 heterocycles. The van der Waals surface area contributed by atoms with E-state index in [0.29, 0.717) is 13.0 Å². The number of nitrogens with zero attached hydrogens (tertiary/aromatic N) is 2. The highest BCUT2D eigenvalue weighted by atomic mass is 19.1. The molecule has 5 nitrogen and oxygen atoms in total. The zero-order valence-corrected chi connectivity index (χ0v) is 9.93. The molecule has 1 aromatic rings. The van der Waals surface area contributed by atoms with Crippen molar-refractivity contribution in [3.05, 3.63) is 29.8 Å². The first-order valence-corrected chi connectivity index (χ1v) is 5.64. The number of esters is 1. The van der Waals surface area contributed by atoms with Gasteiger partial charge in [0.15, 0.2) is 0 Å². The number of likely N-dealkylation sites (tertiary alicyclic amines) is 1. The Bertz CT molecular complexity index is 461. The lowest BCUT2D eigenvalue weighted by atomic mass is 10.2.